The van der Waals surface area contributed by atoms with Crippen LogP contribution in [0.2, 0.25) is 0 Å². The molecule has 1 aliphatic heterocycles. The van der Waals surface area contributed by atoms with E-state index >= 15 is 0 Å². The van der Waals surface area contributed by atoms with Gasteiger partial charge in [0.05, 0.1) is 17.1 Å². The first-order valence-corrected chi connectivity index (χ1v) is 6.79. The van der Waals surface area contributed by atoms with Crippen LogP contribution in [0.25, 0.3) is 22.6 Å². The van der Waals surface area contributed by atoms with Crippen molar-refractivity contribution in [2.24, 2.45) is 0 Å². The third-order valence-electron chi connectivity index (χ3n) is 3.65. The number of fused-ring (bicyclic) bond motifs is 1. The van der Waals surface area contributed by atoms with Crippen LogP contribution in [-0.2, 0) is 13.0 Å². The van der Waals surface area contributed by atoms with Crippen LogP contribution in [0.4, 0.5) is 0 Å². The predicted molar refractivity (Wildman–Crippen MR) is 77.0 cm³/mol. The Morgan fingerprint density at radius 1 is 1.10 bits per heavy atom. The molecule has 100 valence electrons. The van der Waals surface area contributed by atoms with Gasteiger partial charge in [0, 0.05) is 36.8 Å². The zero-order chi connectivity index (χ0) is 13.4. The summed E-state index contributed by atoms with van der Waals surface area (Å²) in [5.41, 5.74) is 5.63. The third kappa shape index (κ3) is 1.92. The SMILES string of the molecule is c1cc(-c2ccn[nH]2)cc(-c2nc3c([nH]2)CNCC3)c1. The van der Waals surface area contributed by atoms with Gasteiger partial charge in [-0.2, -0.15) is 5.10 Å². The number of aromatic amines is 2. The minimum absolute atomic E-state index is 0.878. The molecular weight excluding hydrogens is 250 g/mol. The summed E-state index contributed by atoms with van der Waals surface area (Å²) in [6.07, 6.45) is 2.76. The Morgan fingerprint density at radius 3 is 2.90 bits per heavy atom. The highest BCUT2D eigenvalue weighted by Crippen LogP contribution is 2.25. The standard InChI is InChI=1S/C15H15N5/c1-2-10(12-5-7-17-20-12)8-11(3-1)15-18-13-4-6-16-9-14(13)19-15/h1-3,5,7-8,16H,4,6,9H2,(H,17,20)(H,18,19). The Morgan fingerprint density at radius 2 is 2.05 bits per heavy atom. The number of H-pyrrole nitrogens is 2. The van der Waals surface area contributed by atoms with Gasteiger partial charge in [-0.1, -0.05) is 18.2 Å². The average Bonchev–Trinajstić information content (AvgIpc) is 3.16. The molecule has 5 heteroatoms. The number of hydrogen-bond acceptors (Lipinski definition) is 3. The number of aromatic nitrogens is 4. The monoisotopic (exact) mass is 265 g/mol. The molecule has 20 heavy (non-hydrogen) atoms. The number of hydrogen-bond donors (Lipinski definition) is 3. The van der Waals surface area contributed by atoms with Gasteiger partial charge in [0.1, 0.15) is 5.82 Å². The highest BCUT2D eigenvalue weighted by Gasteiger charge is 2.15. The molecule has 3 N–H and O–H groups in total. The summed E-state index contributed by atoms with van der Waals surface area (Å²) in [5, 5.41) is 10.3. The quantitative estimate of drug-likeness (QED) is 0.664. The molecule has 0 atom stereocenters. The van der Waals surface area contributed by atoms with Crippen molar-refractivity contribution in [1.82, 2.24) is 25.5 Å². The summed E-state index contributed by atoms with van der Waals surface area (Å²) in [4.78, 5) is 8.15. The van der Waals surface area contributed by atoms with Gasteiger partial charge in [-0.3, -0.25) is 5.10 Å². The Bertz CT molecular complexity index is 703. The Balaban J connectivity index is 1.75. The Kier molecular flexibility index (Phi) is 2.63. The molecule has 0 aliphatic carbocycles. The van der Waals surface area contributed by atoms with Crippen LogP contribution in [0.15, 0.2) is 36.5 Å². The number of nitrogens with one attached hydrogen (secondary N) is 3. The molecule has 0 saturated carbocycles. The Hall–Kier alpha value is -2.40. The lowest BCUT2D eigenvalue weighted by atomic mass is 10.1. The summed E-state index contributed by atoms with van der Waals surface area (Å²) in [5.74, 6) is 0.945. The van der Waals surface area contributed by atoms with Gasteiger partial charge in [0.15, 0.2) is 0 Å². The van der Waals surface area contributed by atoms with Crippen molar-refractivity contribution < 1.29 is 0 Å². The van der Waals surface area contributed by atoms with Gasteiger partial charge >= 0.3 is 0 Å². The number of imidazole rings is 1. The van der Waals surface area contributed by atoms with E-state index in [1.54, 1.807) is 6.20 Å². The molecule has 0 fully saturated rings. The molecule has 1 aliphatic rings. The van der Waals surface area contributed by atoms with Crippen LogP contribution in [0.3, 0.4) is 0 Å². The first-order chi connectivity index (χ1) is 9.90. The van der Waals surface area contributed by atoms with Gasteiger partial charge in [-0.25, -0.2) is 4.98 Å². The van der Waals surface area contributed by atoms with Crippen molar-refractivity contribution in [2.45, 2.75) is 13.0 Å². The van der Waals surface area contributed by atoms with Crippen molar-refractivity contribution in [3.05, 3.63) is 47.9 Å². The smallest absolute Gasteiger partial charge is 0.137 e. The first kappa shape index (κ1) is 11.4. The summed E-state index contributed by atoms with van der Waals surface area (Å²) in [6, 6.07) is 10.3. The molecule has 0 bridgehead atoms. The fourth-order valence-electron chi connectivity index (χ4n) is 2.61. The summed E-state index contributed by atoms with van der Waals surface area (Å²) < 4.78 is 0. The number of rotatable bonds is 2. The second kappa shape index (κ2) is 4.61. The summed E-state index contributed by atoms with van der Waals surface area (Å²) >= 11 is 0. The minimum atomic E-state index is 0.878. The maximum absolute atomic E-state index is 4.72. The topological polar surface area (TPSA) is 69.4 Å². The molecule has 0 spiro atoms. The second-order valence-electron chi connectivity index (χ2n) is 4.99. The fourth-order valence-corrected chi connectivity index (χ4v) is 2.61. The molecule has 0 radical (unpaired) electrons. The predicted octanol–water partition coefficient (Wildman–Crippen LogP) is 2.11. The normalized spacial score (nSPS) is 14.2. The van der Waals surface area contributed by atoms with Crippen LogP contribution >= 0.6 is 0 Å². The molecule has 0 amide bonds. The molecule has 0 saturated heterocycles. The van der Waals surface area contributed by atoms with Crippen LogP contribution in [0, 0.1) is 0 Å². The van der Waals surface area contributed by atoms with Crippen molar-refractivity contribution in [2.75, 3.05) is 6.54 Å². The zero-order valence-corrected chi connectivity index (χ0v) is 11.0. The van der Waals surface area contributed by atoms with Crippen LogP contribution in [-0.4, -0.2) is 26.7 Å². The van der Waals surface area contributed by atoms with Crippen molar-refractivity contribution >= 4 is 0 Å². The van der Waals surface area contributed by atoms with E-state index in [0.717, 1.165) is 42.2 Å². The molecule has 5 nitrogen and oxygen atoms in total. The maximum atomic E-state index is 4.72. The third-order valence-corrected chi connectivity index (χ3v) is 3.65. The Labute approximate surface area is 116 Å². The van der Waals surface area contributed by atoms with Crippen molar-refractivity contribution in [3.8, 4) is 22.6 Å². The van der Waals surface area contributed by atoms with E-state index in [2.05, 4.69) is 38.7 Å². The molecule has 0 unspecified atom stereocenters. The van der Waals surface area contributed by atoms with E-state index < -0.39 is 0 Å². The molecular formula is C15H15N5. The van der Waals surface area contributed by atoms with E-state index in [-0.39, 0.29) is 0 Å². The van der Waals surface area contributed by atoms with E-state index in [9.17, 15) is 0 Å². The van der Waals surface area contributed by atoms with Crippen molar-refractivity contribution in [1.29, 1.82) is 0 Å². The van der Waals surface area contributed by atoms with Crippen LogP contribution < -0.4 is 5.32 Å². The lowest BCUT2D eigenvalue weighted by Crippen LogP contribution is -2.23. The number of benzene rings is 1. The van der Waals surface area contributed by atoms with Gasteiger partial charge in [0.25, 0.3) is 0 Å². The molecule has 3 heterocycles. The van der Waals surface area contributed by atoms with E-state index in [1.165, 1.54) is 11.4 Å². The zero-order valence-electron chi connectivity index (χ0n) is 11.0. The fraction of sp³-hybridized carbons (Fsp3) is 0.200. The van der Waals surface area contributed by atoms with E-state index in [0.29, 0.717) is 0 Å². The summed E-state index contributed by atoms with van der Waals surface area (Å²) in [6.45, 7) is 1.88. The maximum Gasteiger partial charge on any atom is 0.137 e. The average molecular weight is 265 g/mol. The van der Waals surface area contributed by atoms with Gasteiger partial charge in [0.2, 0.25) is 0 Å². The highest BCUT2D eigenvalue weighted by atomic mass is 15.1. The van der Waals surface area contributed by atoms with Gasteiger partial charge < -0.3 is 10.3 Å². The van der Waals surface area contributed by atoms with Crippen LogP contribution in [0.5, 0.6) is 0 Å². The lowest BCUT2D eigenvalue weighted by Gasteiger charge is -2.09. The first-order valence-electron chi connectivity index (χ1n) is 6.79. The van der Waals surface area contributed by atoms with E-state index in [4.69, 9.17) is 4.98 Å². The molecule has 1 aromatic carbocycles. The highest BCUT2D eigenvalue weighted by molar-refractivity contribution is 5.68. The van der Waals surface area contributed by atoms with E-state index in [1.807, 2.05) is 12.1 Å². The lowest BCUT2D eigenvalue weighted by molar-refractivity contribution is 0.627. The van der Waals surface area contributed by atoms with Gasteiger partial charge in [-0.15, -0.1) is 0 Å². The van der Waals surface area contributed by atoms with Gasteiger partial charge in [-0.05, 0) is 12.1 Å². The number of nitrogens with zero attached hydrogens (tertiary/aromatic N) is 2. The largest absolute Gasteiger partial charge is 0.341 e. The van der Waals surface area contributed by atoms with Crippen LogP contribution in [0.1, 0.15) is 11.4 Å². The second-order valence-corrected chi connectivity index (χ2v) is 4.99. The molecule has 4 rings (SSSR count). The van der Waals surface area contributed by atoms with Crippen molar-refractivity contribution in [3.63, 3.8) is 0 Å². The minimum Gasteiger partial charge on any atom is -0.341 e. The molecule has 2 aromatic heterocycles. The summed E-state index contributed by atoms with van der Waals surface area (Å²) in [7, 11) is 0. The molecule has 3 aromatic rings.